The number of aliphatic hydroxyl groups excluding tert-OH is 1. The molecule has 0 radical (unpaired) electrons. The third kappa shape index (κ3) is 3.76. The minimum absolute atomic E-state index is 0.542. The lowest BCUT2D eigenvalue weighted by Crippen LogP contribution is -2.25. The van der Waals surface area contributed by atoms with Gasteiger partial charge >= 0.3 is 0 Å². The van der Waals surface area contributed by atoms with E-state index >= 15 is 0 Å². The quantitative estimate of drug-likeness (QED) is 0.656. The highest BCUT2D eigenvalue weighted by Crippen LogP contribution is 2.15. The van der Waals surface area contributed by atoms with Gasteiger partial charge in [-0.1, -0.05) is 37.3 Å². The second-order valence-electron chi connectivity index (χ2n) is 4.21. The zero-order valence-electron chi connectivity index (χ0n) is 11.1. The van der Waals surface area contributed by atoms with Gasteiger partial charge in [0, 0.05) is 9.75 Å². The molecule has 1 amide bonds. The number of hydrogen-bond acceptors (Lipinski definition) is 4. The van der Waals surface area contributed by atoms with Crippen molar-refractivity contribution in [2.45, 2.75) is 19.4 Å². The zero-order chi connectivity index (χ0) is 14.4. The molecule has 20 heavy (non-hydrogen) atoms. The molecule has 1 aromatic carbocycles. The van der Waals surface area contributed by atoms with Crippen molar-refractivity contribution in [2.24, 2.45) is 5.10 Å². The fourth-order valence-corrected chi connectivity index (χ4v) is 2.49. The molecule has 1 atom stereocenters. The van der Waals surface area contributed by atoms with Crippen molar-refractivity contribution in [3.63, 3.8) is 0 Å². The van der Waals surface area contributed by atoms with Gasteiger partial charge < -0.3 is 5.11 Å². The van der Waals surface area contributed by atoms with Gasteiger partial charge in [-0.3, -0.25) is 4.79 Å². The van der Waals surface area contributed by atoms with Gasteiger partial charge in [-0.05, 0) is 24.1 Å². The number of rotatable bonds is 5. The minimum Gasteiger partial charge on any atom is -0.378 e. The summed E-state index contributed by atoms with van der Waals surface area (Å²) in [4.78, 5) is 14.0. The molecule has 0 fully saturated rings. The molecule has 1 unspecified atom stereocenters. The number of aliphatic hydroxyl groups is 1. The van der Waals surface area contributed by atoms with Crippen molar-refractivity contribution < 1.29 is 9.90 Å². The van der Waals surface area contributed by atoms with Gasteiger partial charge in [-0.2, -0.15) is 5.10 Å². The predicted molar refractivity (Wildman–Crippen MR) is 80.8 cm³/mol. The summed E-state index contributed by atoms with van der Waals surface area (Å²) in [7, 11) is 0. The fraction of sp³-hybridized carbons (Fsp3) is 0.200. The van der Waals surface area contributed by atoms with Crippen LogP contribution >= 0.6 is 11.3 Å². The molecule has 0 saturated carbocycles. The number of carbonyl (C=O) groups excluding carboxylic acids is 1. The van der Waals surface area contributed by atoms with E-state index in [4.69, 9.17) is 0 Å². The first kappa shape index (κ1) is 14.4. The van der Waals surface area contributed by atoms with E-state index in [0.717, 1.165) is 11.3 Å². The van der Waals surface area contributed by atoms with Crippen LogP contribution in [-0.2, 0) is 11.2 Å². The molecule has 2 N–H and O–H groups in total. The highest BCUT2D eigenvalue weighted by atomic mass is 32.1. The van der Waals surface area contributed by atoms with Crippen molar-refractivity contribution >= 4 is 23.5 Å². The van der Waals surface area contributed by atoms with Crippen LogP contribution in [-0.4, -0.2) is 17.2 Å². The van der Waals surface area contributed by atoms with Gasteiger partial charge in [0.1, 0.15) is 0 Å². The van der Waals surface area contributed by atoms with Crippen molar-refractivity contribution in [2.75, 3.05) is 0 Å². The number of thiophene rings is 1. The summed E-state index contributed by atoms with van der Waals surface area (Å²) in [5.41, 5.74) is 2.89. The molecular formula is C15H16N2O2S. The number of nitrogens with zero attached hydrogens (tertiary/aromatic N) is 1. The fourth-order valence-electron chi connectivity index (χ4n) is 1.66. The van der Waals surface area contributed by atoms with Crippen LogP contribution in [0.4, 0.5) is 0 Å². The average Bonchev–Trinajstić information content (AvgIpc) is 2.95. The normalized spacial score (nSPS) is 12.5. The number of carbonyl (C=O) groups is 1. The molecule has 0 saturated heterocycles. The zero-order valence-corrected chi connectivity index (χ0v) is 11.9. The molecule has 0 aliphatic carbocycles. The van der Waals surface area contributed by atoms with Crippen LogP contribution in [0.25, 0.3) is 0 Å². The standard InChI is InChI=1S/C15H16N2O2S/c1-2-12-8-9-13(20-12)10-16-17-15(19)14(18)11-6-4-3-5-7-11/h3-10,14,18H,2H2,1H3,(H,17,19)/b16-10+. The summed E-state index contributed by atoms with van der Waals surface area (Å²) in [5, 5.41) is 13.7. The van der Waals surface area contributed by atoms with E-state index < -0.39 is 12.0 Å². The Hall–Kier alpha value is -1.98. The molecule has 0 aliphatic heterocycles. The first-order valence-corrected chi connectivity index (χ1v) is 7.17. The molecule has 4 nitrogen and oxygen atoms in total. The Labute approximate surface area is 121 Å². The average molecular weight is 288 g/mol. The topological polar surface area (TPSA) is 61.7 Å². The summed E-state index contributed by atoms with van der Waals surface area (Å²) in [6.07, 6.45) is 1.36. The van der Waals surface area contributed by atoms with Gasteiger partial charge in [0.2, 0.25) is 0 Å². The molecule has 104 valence electrons. The van der Waals surface area contributed by atoms with E-state index in [1.54, 1.807) is 41.8 Å². The molecule has 5 heteroatoms. The highest BCUT2D eigenvalue weighted by molar-refractivity contribution is 7.13. The maximum atomic E-state index is 11.7. The van der Waals surface area contributed by atoms with Crippen LogP contribution in [0.2, 0.25) is 0 Å². The first-order chi connectivity index (χ1) is 9.70. The molecule has 1 heterocycles. The van der Waals surface area contributed by atoms with Crippen molar-refractivity contribution in [3.05, 3.63) is 57.8 Å². The minimum atomic E-state index is -1.21. The predicted octanol–water partition coefficient (Wildman–Crippen LogP) is 2.49. The Kier molecular flexibility index (Phi) is 5.03. The Morgan fingerprint density at radius 1 is 1.35 bits per heavy atom. The van der Waals surface area contributed by atoms with Crippen LogP contribution in [0.5, 0.6) is 0 Å². The lowest BCUT2D eigenvalue weighted by atomic mass is 10.1. The third-order valence-corrected chi connectivity index (χ3v) is 3.93. The lowest BCUT2D eigenvalue weighted by molar-refractivity contribution is -0.129. The van der Waals surface area contributed by atoms with Gasteiger partial charge in [0.15, 0.2) is 6.10 Å². The number of nitrogens with one attached hydrogen (secondary N) is 1. The Morgan fingerprint density at radius 2 is 2.10 bits per heavy atom. The highest BCUT2D eigenvalue weighted by Gasteiger charge is 2.15. The van der Waals surface area contributed by atoms with Crippen LogP contribution in [0.3, 0.4) is 0 Å². The second-order valence-corrected chi connectivity index (χ2v) is 5.41. The van der Waals surface area contributed by atoms with Crippen LogP contribution in [0.1, 0.15) is 28.3 Å². The lowest BCUT2D eigenvalue weighted by Gasteiger charge is -2.08. The van der Waals surface area contributed by atoms with Crippen molar-refractivity contribution in [1.82, 2.24) is 5.43 Å². The Bertz CT molecular complexity index is 593. The van der Waals surface area contributed by atoms with E-state index in [1.165, 1.54) is 4.88 Å². The molecule has 1 aromatic heterocycles. The summed E-state index contributed by atoms with van der Waals surface area (Å²) in [5.74, 6) is -0.542. The molecule has 0 bridgehead atoms. The Balaban J connectivity index is 1.91. The Morgan fingerprint density at radius 3 is 2.75 bits per heavy atom. The third-order valence-electron chi connectivity index (χ3n) is 2.76. The van der Waals surface area contributed by atoms with E-state index in [0.29, 0.717) is 5.56 Å². The van der Waals surface area contributed by atoms with E-state index in [9.17, 15) is 9.90 Å². The van der Waals surface area contributed by atoms with E-state index in [2.05, 4.69) is 17.5 Å². The van der Waals surface area contributed by atoms with E-state index in [-0.39, 0.29) is 0 Å². The number of benzene rings is 1. The number of hydrazone groups is 1. The number of amides is 1. The molecular weight excluding hydrogens is 272 g/mol. The summed E-state index contributed by atoms with van der Waals surface area (Å²) in [6.45, 7) is 2.09. The van der Waals surface area contributed by atoms with Crippen LogP contribution in [0.15, 0.2) is 47.6 Å². The largest absolute Gasteiger partial charge is 0.378 e. The first-order valence-electron chi connectivity index (χ1n) is 6.35. The summed E-state index contributed by atoms with van der Waals surface area (Å²) < 4.78 is 0. The van der Waals surface area contributed by atoms with Crippen LogP contribution in [0, 0.1) is 0 Å². The van der Waals surface area contributed by atoms with Crippen molar-refractivity contribution in [1.29, 1.82) is 0 Å². The van der Waals surface area contributed by atoms with Gasteiger partial charge in [0.05, 0.1) is 6.21 Å². The molecule has 0 spiro atoms. The van der Waals surface area contributed by atoms with E-state index in [1.807, 2.05) is 18.2 Å². The maximum absolute atomic E-state index is 11.7. The summed E-state index contributed by atoms with van der Waals surface area (Å²) >= 11 is 1.63. The SMILES string of the molecule is CCc1ccc(/C=N/NC(=O)C(O)c2ccccc2)s1. The van der Waals surface area contributed by atoms with Gasteiger partial charge in [0.25, 0.3) is 5.91 Å². The monoisotopic (exact) mass is 288 g/mol. The van der Waals surface area contributed by atoms with Crippen LogP contribution < -0.4 is 5.43 Å². The van der Waals surface area contributed by atoms with Gasteiger partial charge in [-0.15, -0.1) is 11.3 Å². The molecule has 2 aromatic rings. The number of aryl methyl sites for hydroxylation is 1. The van der Waals surface area contributed by atoms with Crippen molar-refractivity contribution in [3.8, 4) is 0 Å². The summed E-state index contributed by atoms with van der Waals surface area (Å²) in [6, 6.07) is 12.7. The number of hydrogen-bond donors (Lipinski definition) is 2. The molecule has 0 aliphatic rings. The van der Waals surface area contributed by atoms with Gasteiger partial charge in [-0.25, -0.2) is 5.43 Å². The maximum Gasteiger partial charge on any atom is 0.273 e. The molecule has 2 rings (SSSR count). The second kappa shape index (κ2) is 6.98. The smallest absolute Gasteiger partial charge is 0.273 e.